The van der Waals surface area contributed by atoms with Gasteiger partial charge < -0.3 is 9.67 Å². The molecule has 2 aromatic carbocycles. The maximum atomic E-state index is 11.1. The Kier molecular flexibility index (Phi) is 6.01. The third-order valence-electron chi connectivity index (χ3n) is 6.32. The van der Waals surface area contributed by atoms with Crippen molar-refractivity contribution in [2.75, 3.05) is 0 Å². The van der Waals surface area contributed by atoms with Crippen LogP contribution in [0.15, 0.2) is 84.6 Å². The van der Waals surface area contributed by atoms with E-state index in [2.05, 4.69) is 83.1 Å². The van der Waals surface area contributed by atoms with Gasteiger partial charge in [0.2, 0.25) is 0 Å². The summed E-state index contributed by atoms with van der Waals surface area (Å²) >= 11 is 5.01. The van der Waals surface area contributed by atoms with E-state index in [-0.39, 0.29) is 5.70 Å². The number of nitrogens with zero attached hydrogens (tertiary/aromatic N) is 2. The van der Waals surface area contributed by atoms with Gasteiger partial charge in [0.25, 0.3) is 5.70 Å². The largest absolute Gasteiger partial charge is 0.486 e. The summed E-state index contributed by atoms with van der Waals surface area (Å²) < 4.78 is 2.37. The van der Waals surface area contributed by atoms with Gasteiger partial charge in [-0.05, 0) is 73.2 Å². The van der Waals surface area contributed by atoms with E-state index >= 15 is 0 Å². The number of thiophene rings is 3. The molecule has 37 heavy (non-hydrogen) atoms. The van der Waals surface area contributed by atoms with Crippen LogP contribution >= 0.6 is 34.0 Å². The quantitative estimate of drug-likeness (QED) is 0.170. The lowest BCUT2D eigenvalue weighted by Gasteiger charge is -2.03. The second-order valence-corrected chi connectivity index (χ2v) is 11.8. The predicted molar refractivity (Wildman–Crippen MR) is 157 cm³/mol. The van der Waals surface area contributed by atoms with Crippen molar-refractivity contribution in [2.45, 2.75) is 13.5 Å². The van der Waals surface area contributed by atoms with Crippen LogP contribution in [0, 0.1) is 6.57 Å². The molecule has 0 unspecified atom stereocenters. The zero-order valence-corrected chi connectivity index (χ0v) is 22.2. The Morgan fingerprint density at radius 1 is 0.838 bits per heavy atom. The van der Waals surface area contributed by atoms with E-state index in [0.717, 1.165) is 21.2 Å². The highest BCUT2D eigenvalue weighted by Gasteiger charge is 2.14. The molecule has 0 aliphatic carbocycles. The molecule has 0 radical (unpaired) electrons. The Morgan fingerprint density at radius 3 is 2.16 bits per heavy atom. The number of hydrogen-bond acceptors (Lipinski definition) is 4. The topological polar surface area (TPSA) is 46.6 Å². The summed E-state index contributed by atoms with van der Waals surface area (Å²) in [5.41, 5.74) is 3.49. The van der Waals surface area contributed by atoms with E-state index in [1.165, 1.54) is 59.4 Å². The molecule has 0 saturated carbocycles. The molecular formula is C30H20N2O2S3. The van der Waals surface area contributed by atoms with Crippen LogP contribution in [0.4, 0.5) is 0 Å². The van der Waals surface area contributed by atoms with Crippen LogP contribution in [0.25, 0.3) is 62.7 Å². The maximum Gasteiger partial charge on any atom is 0.333 e. The molecule has 4 nitrogen and oxygen atoms in total. The fraction of sp³-hybridized carbons (Fsp3) is 0.0667. The molecule has 0 spiro atoms. The van der Waals surface area contributed by atoms with Crippen LogP contribution in [-0.4, -0.2) is 15.6 Å². The van der Waals surface area contributed by atoms with E-state index in [9.17, 15) is 4.79 Å². The fourth-order valence-electron chi connectivity index (χ4n) is 4.62. The molecule has 6 rings (SSSR count). The second kappa shape index (κ2) is 9.49. The van der Waals surface area contributed by atoms with E-state index in [4.69, 9.17) is 11.7 Å². The molecule has 7 heteroatoms. The SMILES string of the molecule is [C-]#[N+]C(=Cc1ccc(-c2ccc(-c3ccc(-c4ccc5c(c4)c4ccccc4n5CC)s3)s2)s1)C(=O)O. The van der Waals surface area contributed by atoms with E-state index in [1.54, 1.807) is 22.7 Å². The number of carboxylic acids is 1. The Hall–Kier alpha value is -3.96. The summed E-state index contributed by atoms with van der Waals surface area (Å²) in [6, 6.07) is 27.9. The molecule has 0 atom stereocenters. The van der Waals surface area contributed by atoms with Crippen LogP contribution in [-0.2, 0) is 11.3 Å². The number of aryl methyl sites for hydroxylation is 1. The zero-order chi connectivity index (χ0) is 25.5. The first-order valence-corrected chi connectivity index (χ1v) is 14.1. The van der Waals surface area contributed by atoms with Crippen LogP contribution in [0.3, 0.4) is 0 Å². The van der Waals surface area contributed by atoms with Crippen LogP contribution in [0.5, 0.6) is 0 Å². The molecule has 0 bridgehead atoms. The third-order valence-corrected chi connectivity index (χ3v) is 9.96. The number of rotatable bonds is 6. The van der Waals surface area contributed by atoms with Gasteiger partial charge in [0, 0.05) is 57.6 Å². The predicted octanol–water partition coefficient (Wildman–Crippen LogP) is 9.34. The van der Waals surface area contributed by atoms with Gasteiger partial charge in [-0.25, -0.2) is 4.85 Å². The molecule has 0 amide bonds. The van der Waals surface area contributed by atoms with Gasteiger partial charge in [0.1, 0.15) is 0 Å². The van der Waals surface area contributed by atoms with Crippen LogP contribution < -0.4 is 0 Å². The molecule has 4 aromatic heterocycles. The molecule has 4 heterocycles. The van der Waals surface area contributed by atoms with E-state index in [0.29, 0.717) is 0 Å². The summed E-state index contributed by atoms with van der Waals surface area (Å²) in [5.74, 6) is -1.20. The Morgan fingerprint density at radius 2 is 1.46 bits per heavy atom. The van der Waals surface area contributed by atoms with Crippen molar-refractivity contribution in [3.8, 4) is 29.9 Å². The number of hydrogen-bond donors (Lipinski definition) is 1. The van der Waals surface area contributed by atoms with Gasteiger partial charge in [-0.2, -0.15) is 0 Å². The lowest BCUT2D eigenvalue weighted by atomic mass is 10.1. The van der Waals surface area contributed by atoms with Crippen molar-refractivity contribution in [3.63, 3.8) is 0 Å². The molecule has 0 fully saturated rings. The Labute approximate surface area is 225 Å². The molecule has 6 aromatic rings. The van der Waals surface area contributed by atoms with Gasteiger partial charge in [-0.15, -0.1) is 34.0 Å². The zero-order valence-electron chi connectivity index (χ0n) is 19.8. The number of aliphatic carboxylic acids is 1. The highest BCUT2D eigenvalue weighted by molar-refractivity contribution is 7.27. The molecule has 180 valence electrons. The van der Waals surface area contributed by atoms with Crippen molar-refractivity contribution in [1.29, 1.82) is 0 Å². The average molecular weight is 537 g/mol. The van der Waals surface area contributed by atoms with Gasteiger partial charge in [0.15, 0.2) is 0 Å². The lowest BCUT2D eigenvalue weighted by molar-refractivity contribution is -0.132. The lowest BCUT2D eigenvalue weighted by Crippen LogP contribution is -1.94. The molecule has 1 N–H and O–H groups in total. The highest BCUT2D eigenvalue weighted by Crippen LogP contribution is 2.43. The van der Waals surface area contributed by atoms with Gasteiger partial charge >= 0.3 is 5.97 Å². The van der Waals surface area contributed by atoms with Crippen molar-refractivity contribution >= 4 is 67.9 Å². The Bertz CT molecular complexity index is 1870. The first kappa shape index (κ1) is 23.4. The summed E-state index contributed by atoms with van der Waals surface area (Å²) in [6.45, 7) is 10.2. The normalized spacial score (nSPS) is 11.8. The molecular weight excluding hydrogens is 517 g/mol. The minimum absolute atomic E-state index is 0.274. The first-order chi connectivity index (χ1) is 18.1. The van der Waals surface area contributed by atoms with Crippen molar-refractivity contribution in [2.24, 2.45) is 0 Å². The number of para-hydroxylation sites is 1. The average Bonchev–Trinajstić information content (AvgIpc) is 3.71. The summed E-state index contributed by atoms with van der Waals surface area (Å²) in [6.07, 6.45) is 1.43. The number of benzene rings is 2. The fourth-order valence-corrected chi connectivity index (χ4v) is 7.75. The standard InChI is InChI=1S/C30H20N2O2S3/c1-3-32-23-7-5-4-6-20(23)21-16-18(8-10-24(21)32)25-12-13-28(36-25)29-15-14-27(37-29)26-11-9-19(35-26)17-22(31-2)30(33)34/h4-17H,3H2,1H3,(H,33,34). The number of aromatic nitrogens is 1. The monoisotopic (exact) mass is 536 g/mol. The minimum atomic E-state index is -1.20. The molecule has 0 saturated heterocycles. The smallest absolute Gasteiger partial charge is 0.333 e. The second-order valence-electron chi connectivity index (χ2n) is 8.47. The van der Waals surface area contributed by atoms with Crippen LogP contribution in [0.1, 0.15) is 11.8 Å². The number of carboxylic acid groups (broad SMARTS) is 1. The van der Waals surface area contributed by atoms with Gasteiger partial charge in [-0.3, -0.25) is 4.79 Å². The molecule has 0 aliphatic heterocycles. The summed E-state index contributed by atoms with van der Waals surface area (Å²) in [5, 5.41) is 11.7. The van der Waals surface area contributed by atoms with Crippen molar-refractivity contribution in [1.82, 2.24) is 4.57 Å². The summed E-state index contributed by atoms with van der Waals surface area (Å²) in [7, 11) is 0. The maximum absolute atomic E-state index is 11.1. The minimum Gasteiger partial charge on any atom is -0.486 e. The summed E-state index contributed by atoms with van der Waals surface area (Å²) in [4.78, 5) is 20.8. The van der Waals surface area contributed by atoms with Crippen molar-refractivity contribution < 1.29 is 9.90 Å². The van der Waals surface area contributed by atoms with Crippen molar-refractivity contribution in [3.05, 3.63) is 101 Å². The van der Waals surface area contributed by atoms with E-state index in [1.807, 2.05) is 12.1 Å². The van der Waals surface area contributed by atoms with E-state index < -0.39 is 5.97 Å². The number of fused-ring (bicyclic) bond motifs is 3. The van der Waals surface area contributed by atoms with Gasteiger partial charge in [-0.1, -0.05) is 24.3 Å². The third kappa shape index (κ3) is 4.19. The van der Waals surface area contributed by atoms with Crippen LogP contribution in [0.2, 0.25) is 0 Å². The number of carbonyl (C=O) groups is 1. The first-order valence-electron chi connectivity index (χ1n) is 11.7. The van der Waals surface area contributed by atoms with Gasteiger partial charge in [0.05, 0.1) is 6.57 Å². The molecule has 0 aliphatic rings. The highest BCUT2D eigenvalue weighted by atomic mass is 32.1. The Balaban J connectivity index is 1.30.